The van der Waals surface area contributed by atoms with E-state index in [1.807, 2.05) is 36.4 Å². The van der Waals surface area contributed by atoms with Crippen molar-refractivity contribution >= 4 is 35.0 Å². The summed E-state index contributed by atoms with van der Waals surface area (Å²) >= 11 is 12.1. The van der Waals surface area contributed by atoms with E-state index in [9.17, 15) is 9.59 Å². The normalized spacial score (nSPS) is 21.3. The summed E-state index contributed by atoms with van der Waals surface area (Å²) in [7, 11) is 2.13. The minimum absolute atomic E-state index is 0.237. The van der Waals surface area contributed by atoms with E-state index in [4.69, 9.17) is 23.2 Å². The topological polar surface area (TPSA) is 62.4 Å². The van der Waals surface area contributed by atoms with Gasteiger partial charge in [-0.05, 0) is 94.3 Å². The Hall–Kier alpha value is -2.20. The predicted octanol–water partition coefficient (Wildman–Crippen LogP) is 4.31. The second kappa shape index (κ2) is 17.1. The Labute approximate surface area is 279 Å². The molecule has 8 nitrogen and oxygen atoms in total. The Morgan fingerprint density at radius 2 is 1.07 bits per heavy atom. The summed E-state index contributed by atoms with van der Waals surface area (Å²) in [6.07, 6.45) is 4.00. The van der Waals surface area contributed by atoms with E-state index < -0.39 is 0 Å². The highest BCUT2D eigenvalue weighted by Crippen LogP contribution is 2.21. The van der Waals surface area contributed by atoms with E-state index in [1.54, 1.807) is 0 Å². The second-order valence-electron chi connectivity index (χ2n) is 13.1. The molecule has 0 aromatic heterocycles. The van der Waals surface area contributed by atoms with Crippen LogP contribution in [0.1, 0.15) is 36.8 Å². The second-order valence-corrected chi connectivity index (χ2v) is 13.9. The molecule has 0 radical (unpaired) electrons. The van der Waals surface area contributed by atoms with Crippen molar-refractivity contribution in [3.05, 3.63) is 69.7 Å². The van der Waals surface area contributed by atoms with Gasteiger partial charge in [-0.15, -0.1) is 0 Å². The summed E-state index contributed by atoms with van der Waals surface area (Å²) < 4.78 is 0. The van der Waals surface area contributed by atoms with Crippen molar-refractivity contribution in [3.8, 4) is 0 Å². The fourth-order valence-corrected chi connectivity index (χ4v) is 7.31. The number of rotatable bonds is 6. The van der Waals surface area contributed by atoms with Gasteiger partial charge in [0.15, 0.2) is 0 Å². The molecule has 0 saturated carbocycles. The molecule has 4 heterocycles. The molecule has 0 spiro atoms. The van der Waals surface area contributed by atoms with Gasteiger partial charge in [-0.25, -0.2) is 0 Å². The zero-order valence-corrected chi connectivity index (χ0v) is 28.3. The molecule has 0 atom stereocenters. The highest BCUT2D eigenvalue weighted by atomic mass is 35.5. The van der Waals surface area contributed by atoms with Crippen LogP contribution in [0.3, 0.4) is 0 Å². The molecular weight excluding hydrogens is 607 g/mol. The fourth-order valence-electron chi connectivity index (χ4n) is 6.88. The van der Waals surface area contributed by atoms with Crippen molar-refractivity contribution in [1.82, 2.24) is 29.8 Å². The van der Waals surface area contributed by atoms with Crippen molar-refractivity contribution in [1.29, 1.82) is 0 Å². The number of amides is 2. The first-order chi connectivity index (χ1) is 21.8. The number of piperidine rings is 2. The summed E-state index contributed by atoms with van der Waals surface area (Å²) in [5.41, 5.74) is 2.48. The highest BCUT2D eigenvalue weighted by molar-refractivity contribution is 6.30. The van der Waals surface area contributed by atoms with E-state index in [-0.39, 0.29) is 11.8 Å². The van der Waals surface area contributed by atoms with Crippen molar-refractivity contribution in [2.45, 2.75) is 38.8 Å². The molecule has 10 heteroatoms. The maximum atomic E-state index is 12.6. The van der Waals surface area contributed by atoms with Gasteiger partial charge in [-0.2, -0.15) is 0 Å². The van der Waals surface area contributed by atoms with Gasteiger partial charge >= 0.3 is 0 Å². The van der Waals surface area contributed by atoms with E-state index in [2.05, 4.69) is 49.0 Å². The monoisotopic (exact) mass is 656 g/mol. The van der Waals surface area contributed by atoms with Crippen LogP contribution in [0.25, 0.3) is 0 Å². The lowest BCUT2D eigenvalue weighted by Crippen LogP contribution is -2.51. The Balaban J connectivity index is 0.000000178. The zero-order chi connectivity index (χ0) is 31.6. The summed E-state index contributed by atoms with van der Waals surface area (Å²) in [5, 5.41) is 4.90. The molecule has 4 aliphatic heterocycles. The van der Waals surface area contributed by atoms with Crippen LogP contribution in [0.15, 0.2) is 48.5 Å². The molecule has 6 rings (SSSR count). The van der Waals surface area contributed by atoms with Crippen LogP contribution in [-0.2, 0) is 22.7 Å². The van der Waals surface area contributed by atoms with Crippen LogP contribution in [0, 0.1) is 11.8 Å². The van der Waals surface area contributed by atoms with Gasteiger partial charge in [0.1, 0.15) is 0 Å². The zero-order valence-electron chi connectivity index (χ0n) is 26.8. The lowest BCUT2D eigenvalue weighted by Gasteiger charge is -2.38. The van der Waals surface area contributed by atoms with Crippen LogP contribution in [0.5, 0.6) is 0 Å². The van der Waals surface area contributed by atoms with Gasteiger partial charge in [-0.3, -0.25) is 19.4 Å². The van der Waals surface area contributed by atoms with Crippen molar-refractivity contribution in [3.63, 3.8) is 0 Å². The van der Waals surface area contributed by atoms with E-state index in [1.165, 1.54) is 11.1 Å². The Kier molecular flexibility index (Phi) is 13.0. The number of carbonyl (C=O) groups excluding carboxylic acids is 2. The molecule has 4 saturated heterocycles. The van der Waals surface area contributed by atoms with E-state index >= 15 is 0 Å². The van der Waals surface area contributed by atoms with Gasteiger partial charge in [0.25, 0.3) is 0 Å². The van der Waals surface area contributed by atoms with Gasteiger partial charge in [-0.1, -0.05) is 47.5 Å². The summed E-state index contributed by atoms with van der Waals surface area (Å²) in [5.74, 6) is 1.22. The molecule has 246 valence electrons. The molecule has 4 aliphatic rings. The molecule has 1 N–H and O–H groups in total. The summed E-state index contributed by atoms with van der Waals surface area (Å²) in [6.45, 7) is 13.1. The Morgan fingerprint density at radius 1 is 0.644 bits per heavy atom. The third-order valence-electron chi connectivity index (χ3n) is 9.71. The Bertz CT molecular complexity index is 1230. The standard InChI is InChI=1S/C18H26ClN3O.C17H24ClN3O/c1-20-7-5-16(6-8-20)18(23)22-11-9-21(10-12-22)14-15-3-2-4-17(19)13-15;18-16-3-1-2-14(12-16)13-20-8-10-21(11-9-20)17(22)15-4-6-19-7-5-15/h2-4,13,16H,5-12,14H2,1H3;1-3,12,15,19H,4-11,13H2. The van der Waals surface area contributed by atoms with Gasteiger partial charge in [0.05, 0.1) is 0 Å². The van der Waals surface area contributed by atoms with Crippen LogP contribution in [-0.4, -0.2) is 122 Å². The van der Waals surface area contributed by atoms with Gasteiger partial charge < -0.3 is 20.0 Å². The first-order valence-corrected chi connectivity index (χ1v) is 17.5. The SMILES string of the molecule is CN1CCC(C(=O)N2CCN(Cc3cccc(Cl)c3)CC2)CC1.O=C(C1CCNCC1)N1CCN(Cc2cccc(Cl)c2)CC1. The first-order valence-electron chi connectivity index (χ1n) is 16.7. The van der Waals surface area contributed by atoms with Crippen LogP contribution >= 0.6 is 23.2 Å². The number of hydrogen-bond donors (Lipinski definition) is 1. The Morgan fingerprint density at radius 3 is 1.49 bits per heavy atom. The third kappa shape index (κ3) is 10.4. The van der Waals surface area contributed by atoms with E-state index in [0.29, 0.717) is 11.8 Å². The lowest BCUT2D eigenvalue weighted by molar-refractivity contribution is -0.139. The van der Waals surface area contributed by atoms with E-state index in [0.717, 1.165) is 127 Å². The van der Waals surface area contributed by atoms with Crippen LogP contribution < -0.4 is 5.32 Å². The molecule has 2 amide bonds. The average molecular weight is 658 g/mol. The minimum Gasteiger partial charge on any atom is -0.340 e. The number of benzene rings is 2. The average Bonchev–Trinajstić information content (AvgIpc) is 3.06. The summed E-state index contributed by atoms with van der Waals surface area (Å²) in [6, 6.07) is 16.1. The predicted molar refractivity (Wildman–Crippen MR) is 182 cm³/mol. The highest BCUT2D eigenvalue weighted by Gasteiger charge is 2.30. The van der Waals surface area contributed by atoms with Crippen molar-refractivity contribution in [2.24, 2.45) is 11.8 Å². The van der Waals surface area contributed by atoms with Crippen molar-refractivity contribution in [2.75, 3.05) is 85.6 Å². The van der Waals surface area contributed by atoms with Gasteiger partial charge in [0.2, 0.25) is 11.8 Å². The molecular formula is C35H50Cl2N6O2. The van der Waals surface area contributed by atoms with Crippen LogP contribution in [0.2, 0.25) is 10.0 Å². The number of hydrogen-bond acceptors (Lipinski definition) is 6. The fraction of sp³-hybridized carbons (Fsp3) is 0.600. The first kappa shape index (κ1) is 34.1. The quantitative estimate of drug-likeness (QED) is 0.500. The number of carbonyl (C=O) groups is 2. The lowest BCUT2D eigenvalue weighted by atomic mass is 9.95. The van der Waals surface area contributed by atoms with Crippen molar-refractivity contribution < 1.29 is 9.59 Å². The van der Waals surface area contributed by atoms with Gasteiger partial charge in [0, 0.05) is 87.3 Å². The largest absolute Gasteiger partial charge is 0.340 e. The molecule has 45 heavy (non-hydrogen) atoms. The van der Waals surface area contributed by atoms with Crippen LogP contribution in [0.4, 0.5) is 0 Å². The molecule has 0 aliphatic carbocycles. The smallest absolute Gasteiger partial charge is 0.225 e. The summed E-state index contributed by atoms with van der Waals surface area (Å²) in [4.78, 5) is 36.4. The molecule has 0 bridgehead atoms. The number of likely N-dealkylation sites (tertiary alicyclic amines) is 1. The number of nitrogens with one attached hydrogen (secondary N) is 1. The molecule has 2 aromatic carbocycles. The number of nitrogens with zero attached hydrogens (tertiary/aromatic N) is 5. The maximum Gasteiger partial charge on any atom is 0.225 e. The molecule has 4 fully saturated rings. The number of piperazine rings is 2. The minimum atomic E-state index is 0.237. The molecule has 2 aromatic rings. The maximum absolute atomic E-state index is 12.6. The third-order valence-corrected chi connectivity index (χ3v) is 10.2. The number of halogens is 2. The molecule has 0 unspecified atom stereocenters.